The molecular weight excluding hydrogens is 393 g/mol. The van der Waals surface area contributed by atoms with Crippen LogP contribution in [0, 0.1) is 0 Å². The van der Waals surface area contributed by atoms with Gasteiger partial charge < -0.3 is 23.4 Å². The Labute approximate surface area is 170 Å². The van der Waals surface area contributed by atoms with E-state index in [1.54, 1.807) is 38.0 Å². The van der Waals surface area contributed by atoms with Crippen LogP contribution in [0.2, 0.25) is 0 Å². The van der Waals surface area contributed by atoms with Crippen molar-refractivity contribution in [3.05, 3.63) is 59.7 Å². The van der Waals surface area contributed by atoms with Crippen LogP contribution < -0.4 is 9.64 Å². The molecule has 0 saturated carbocycles. The number of carbonyl (C=O) groups excluding carboxylic acids is 1. The Balaban J connectivity index is 1.76. The molecule has 0 unspecified atom stereocenters. The van der Waals surface area contributed by atoms with Gasteiger partial charge in [-0.2, -0.15) is 0 Å². The lowest BCUT2D eigenvalue weighted by Gasteiger charge is -2.18. The molecule has 0 radical (unpaired) electrons. The normalized spacial score (nSPS) is 22.8. The molecule has 2 heterocycles. The van der Waals surface area contributed by atoms with Crippen LogP contribution in [-0.4, -0.2) is 32.1 Å². The Morgan fingerprint density at radius 3 is 2.41 bits per heavy atom. The highest BCUT2D eigenvalue weighted by atomic mass is 31.2. The summed E-state index contributed by atoms with van der Waals surface area (Å²) in [7, 11) is -2.07. The van der Waals surface area contributed by atoms with E-state index in [0.29, 0.717) is 23.5 Å². The maximum Gasteiger partial charge on any atom is 0.363 e. The third kappa shape index (κ3) is 3.19. The molecule has 154 valence electrons. The van der Waals surface area contributed by atoms with Crippen LogP contribution in [0.3, 0.4) is 0 Å². The van der Waals surface area contributed by atoms with E-state index in [-0.39, 0.29) is 19.1 Å². The van der Waals surface area contributed by atoms with Gasteiger partial charge in [0.05, 0.1) is 32.6 Å². The predicted molar refractivity (Wildman–Crippen MR) is 108 cm³/mol. The van der Waals surface area contributed by atoms with Gasteiger partial charge in [0, 0.05) is 5.56 Å². The van der Waals surface area contributed by atoms with Gasteiger partial charge >= 0.3 is 7.60 Å². The molecule has 8 heteroatoms. The molecule has 2 atom stereocenters. The van der Waals surface area contributed by atoms with E-state index in [4.69, 9.17) is 18.5 Å². The number of amides is 1. The molecule has 2 aromatic carbocycles. The molecule has 1 amide bonds. The lowest BCUT2D eigenvalue weighted by atomic mass is 10.0. The summed E-state index contributed by atoms with van der Waals surface area (Å²) < 4.78 is 35.5. The van der Waals surface area contributed by atoms with Gasteiger partial charge in [0.2, 0.25) is 11.4 Å². The molecule has 2 aliphatic rings. The third-order valence-electron chi connectivity index (χ3n) is 5.13. The number of carbonyl (C=O) groups is 1. The molecule has 0 aromatic heterocycles. The Morgan fingerprint density at radius 1 is 1.10 bits per heavy atom. The first kappa shape index (κ1) is 20.1. The maximum atomic E-state index is 13.5. The predicted octanol–water partition coefficient (Wildman–Crippen LogP) is 4.06. The van der Waals surface area contributed by atoms with E-state index in [0.717, 1.165) is 5.56 Å². The average Bonchev–Trinajstić information content (AvgIpc) is 3.46. The van der Waals surface area contributed by atoms with Gasteiger partial charge in [0.15, 0.2) is 0 Å². The molecule has 2 aliphatic heterocycles. The molecule has 2 aromatic rings. The van der Waals surface area contributed by atoms with Crippen LogP contribution in [0.15, 0.2) is 48.5 Å². The van der Waals surface area contributed by atoms with Crippen LogP contribution in [0.25, 0.3) is 0 Å². The van der Waals surface area contributed by atoms with Crippen LogP contribution in [0.4, 0.5) is 5.69 Å². The fourth-order valence-electron chi connectivity index (χ4n) is 3.84. The van der Waals surface area contributed by atoms with Gasteiger partial charge in [0.25, 0.3) is 5.91 Å². The van der Waals surface area contributed by atoms with Crippen molar-refractivity contribution < 1.29 is 27.9 Å². The lowest BCUT2D eigenvalue weighted by Crippen LogP contribution is -2.33. The minimum atomic E-state index is -3.63. The second-order valence-corrected chi connectivity index (χ2v) is 8.91. The SMILES string of the molecule is CCOP(=O)(OCC)[C@@H]1O[C@]12C(=O)N(Cc1ccccc1)c1ccc(OC)cc12. The minimum Gasteiger partial charge on any atom is -0.497 e. The zero-order chi connectivity index (χ0) is 20.6. The van der Waals surface area contributed by atoms with Gasteiger partial charge in [-0.3, -0.25) is 9.36 Å². The number of rotatable bonds is 8. The van der Waals surface area contributed by atoms with Crippen molar-refractivity contribution in [3.63, 3.8) is 0 Å². The number of hydrogen-bond acceptors (Lipinski definition) is 6. The second kappa shape index (κ2) is 7.58. The first-order chi connectivity index (χ1) is 14.0. The Kier molecular flexibility index (Phi) is 5.25. The number of anilines is 1. The van der Waals surface area contributed by atoms with Crippen molar-refractivity contribution in [2.45, 2.75) is 31.8 Å². The summed E-state index contributed by atoms with van der Waals surface area (Å²) in [6, 6.07) is 15.1. The van der Waals surface area contributed by atoms with Crippen LogP contribution in [0.5, 0.6) is 5.75 Å². The molecule has 29 heavy (non-hydrogen) atoms. The molecule has 0 aliphatic carbocycles. The number of hydrogen-bond donors (Lipinski definition) is 0. The summed E-state index contributed by atoms with van der Waals surface area (Å²) in [5.74, 6) is -0.655. The zero-order valence-electron chi connectivity index (χ0n) is 16.7. The molecular formula is C21H24NO6P. The van der Waals surface area contributed by atoms with Gasteiger partial charge in [-0.05, 0) is 37.6 Å². The summed E-state index contributed by atoms with van der Waals surface area (Å²) in [5.41, 5.74) is 0.942. The fraction of sp³-hybridized carbons (Fsp3) is 0.381. The molecule has 1 saturated heterocycles. The van der Waals surface area contributed by atoms with Gasteiger partial charge in [-0.25, -0.2) is 0 Å². The molecule has 4 rings (SSSR count). The highest BCUT2D eigenvalue weighted by Crippen LogP contribution is 2.72. The van der Waals surface area contributed by atoms with E-state index in [1.807, 2.05) is 36.4 Å². The highest BCUT2D eigenvalue weighted by Gasteiger charge is 2.76. The molecule has 1 spiro atoms. The Hall–Kier alpha value is -2.18. The van der Waals surface area contributed by atoms with E-state index in [1.165, 1.54) is 0 Å². The average molecular weight is 417 g/mol. The van der Waals surface area contributed by atoms with Gasteiger partial charge in [0.1, 0.15) is 5.75 Å². The van der Waals surface area contributed by atoms with Crippen molar-refractivity contribution in [2.24, 2.45) is 0 Å². The van der Waals surface area contributed by atoms with E-state index >= 15 is 0 Å². The van der Waals surface area contributed by atoms with Crippen molar-refractivity contribution in [2.75, 3.05) is 25.2 Å². The quantitative estimate of drug-likeness (QED) is 0.476. The number of nitrogens with zero attached hydrogens (tertiary/aromatic N) is 1. The molecule has 0 bridgehead atoms. The first-order valence-corrected chi connectivity index (χ1v) is 11.2. The summed E-state index contributed by atoms with van der Waals surface area (Å²) in [6.45, 7) is 4.23. The first-order valence-electron chi connectivity index (χ1n) is 9.61. The third-order valence-corrected chi connectivity index (χ3v) is 7.41. The number of ether oxygens (including phenoxy) is 2. The van der Waals surface area contributed by atoms with E-state index < -0.39 is 19.0 Å². The minimum absolute atomic E-state index is 0.195. The zero-order valence-corrected chi connectivity index (χ0v) is 17.6. The molecule has 0 N–H and O–H groups in total. The molecule has 7 nitrogen and oxygen atoms in total. The van der Waals surface area contributed by atoms with Crippen LogP contribution in [-0.2, 0) is 35.3 Å². The van der Waals surface area contributed by atoms with Gasteiger partial charge in [-0.1, -0.05) is 30.3 Å². The second-order valence-electron chi connectivity index (χ2n) is 6.84. The van der Waals surface area contributed by atoms with E-state index in [9.17, 15) is 9.36 Å². The van der Waals surface area contributed by atoms with Crippen molar-refractivity contribution in [3.8, 4) is 5.75 Å². The monoisotopic (exact) mass is 417 g/mol. The van der Waals surface area contributed by atoms with Crippen LogP contribution in [0.1, 0.15) is 25.0 Å². The van der Waals surface area contributed by atoms with E-state index in [2.05, 4.69) is 0 Å². The summed E-state index contributed by atoms with van der Waals surface area (Å²) >= 11 is 0. The Morgan fingerprint density at radius 2 is 1.79 bits per heavy atom. The molecule has 1 fully saturated rings. The maximum absolute atomic E-state index is 13.5. The standard InChI is InChI=1S/C21H24NO6P/c1-4-26-29(24,27-5-2)20-21(28-20)17-13-16(25-3)11-12-18(17)22(19(21)23)14-15-9-7-6-8-10-15/h6-13,20H,4-5,14H2,1-3H3/t20-,21+/m0/s1. The topological polar surface area (TPSA) is 77.6 Å². The Bertz CT molecular complexity index is 955. The number of fused-ring (bicyclic) bond motifs is 2. The smallest absolute Gasteiger partial charge is 0.363 e. The number of methoxy groups -OCH3 is 1. The highest BCUT2D eigenvalue weighted by molar-refractivity contribution is 7.55. The lowest BCUT2D eigenvalue weighted by molar-refractivity contribution is -0.123. The van der Waals surface area contributed by atoms with Crippen LogP contribution >= 0.6 is 7.60 Å². The summed E-state index contributed by atoms with van der Waals surface area (Å²) in [6.07, 6.45) is 0. The van der Waals surface area contributed by atoms with Crippen molar-refractivity contribution in [1.29, 1.82) is 0 Å². The fourth-order valence-corrected chi connectivity index (χ4v) is 5.89. The van der Waals surface area contributed by atoms with Crippen molar-refractivity contribution in [1.82, 2.24) is 0 Å². The van der Waals surface area contributed by atoms with Crippen molar-refractivity contribution >= 4 is 19.2 Å². The largest absolute Gasteiger partial charge is 0.497 e. The summed E-state index contributed by atoms with van der Waals surface area (Å²) in [4.78, 5) is 15.2. The summed E-state index contributed by atoms with van der Waals surface area (Å²) in [5, 5.41) is 0. The van der Waals surface area contributed by atoms with Gasteiger partial charge in [-0.15, -0.1) is 0 Å². The number of epoxide rings is 1. The number of benzene rings is 2.